The predicted molar refractivity (Wildman–Crippen MR) is 217 cm³/mol. The van der Waals surface area contributed by atoms with E-state index >= 15 is 8.78 Å². The molecule has 18 heteroatoms. The van der Waals surface area contributed by atoms with Crippen LogP contribution in [0.2, 0.25) is 5.02 Å². The molecule has 1 unspecified atom stereocenters. The number of aliphatic carboxylic acids is 1. The molecule has 3 aliphatic heterocycles. The summed E-state index contributed by atoms with van der Waals surface area (Å²) >= 11 is 6.54. The molecule has 3 saturated heterocycles. The van der Waals surface area contributed by atoms with Crippen LogP contribution in [0.3, 0.4) is 0 Å². The van der Waals surface area contributed by atoms with Gasteiger partial charge in [-0.15, -0.1) is 0 Å². The van der Waals surface area contributed by atoms with E-state index in [2.05, 4.69) is 26.0 Å². The molecular formula is C42H49ClF2N9O6+. The molecule has 2 aromatic carbocycles. The van der Waals surface area contributed by atoms with Crippen molar-refractivity contribution in [2.45, 2.75) is 32.4 Å². The minimum Gasteiger partial charge on any atom is -0.477 e. The molecule has 4 N–H and O–H groups in total. The van der Waals surface area contributed by atoms with Crippen molar-refractivity contribution in [1.82, 2.24) is 34.9 Å². The minimum absolute atomic E-state index is 0.0562. The highest BCUT2D eigenvalue weighted by atomic mass is 35.5. The third-order valence-electron chi connectivity index (χ3n) is 13.0. The molecule has 318 valence electrons. The summed E-state index contributed by atoms with van der Waals surface area (Å²) in [4.78, 5) is 57.9. The quantitative estimate of drug-likeness (QED) is 0.138. The number of nitrogens with zero attached hydrogens (tertiary/aromatic N) is 6. The van der Waals surface area contributed by atoms with Crippen LogP contribution < -0.4 is 16.0 Å². The van der Waals surface area contributed by atoms with Gasteiger partial charge in [-0.2, -0.15) is 5.10 Å². The lowest BCUT2D eigenvalue weighted by Gasteiger charge is -2.46. The van der Waals surface area contributed by atoms with Crippen LogP contribution in [0.1, 0.15) is 39.5 Å². The first kappa shape index (κ1) is 41.5. The largest absolute Gasteiger partial charge is 0.477 e. The molecule has 3 atom stereocenters. The van der Waals surface area contributed by atoms with Crippen LogP contribution >= 0.6 is 11.6 Å². The molecule has 0 radical (unpaired) electrons. The summed E-state index contributed by atoms with van der Waals surface area (Å²) in [5.41, 5.74) is 1.81. The number of anilines is 1. The van der Waals surface area contributed by atoms with Gasteiger partial charge in [-0.05, 0) is 31.2 Å². The Morgan fingerprint density at radius 1 is 1.00 bits per heavy atom. The molecule has 2 aromatic heterocycles. The van der Waals surface area contributed by atoms with Crippen LogP contribution in [0.25, 0.3) is 22.4 Å². The van der Waals surface area contributed by atoms with Crippen LogP contribution in [-0.2, 0) is 27.9 Å². The van der Waals surface area contributed by atoms with Crippen LogP contribution in [0.5, 0.6) is 0 Å². The van der Waals surface area contributed by atoms with E-state index in [0.717, 1.165) is 19.6 Å². The van der Waals surface area contributed by atoms with Gasteiger partial charge in [0.1, 0.15) is 0 Å². The number of carboxylic acid groups (broad SMARTS) is 1. The molecule has 15 nitrogen and oxygen atoms in total. The summed E-state index contributed by atoms with van der Waals surface area (Å²) in [6, 6.07) is 7.34. The number of aromatic nitrogens is 4. The lowest BCUT2D eigenvalue weighted by atomic mass is 9.91. The average Bonchev–Trinajstić information content (AvgIpc) is 3.55. The number of ether oxygens (including phenoxy) is 1. The van der Waals surface area contributed by atoms with Gasteiger partial charge in [-0.25, -0.2) is 18.6 Å². The summed E-state index contributed by atoms with van der Waals surface area (Å²) in [6.45, 7) is 7.92. The van der Waals surface area contributed by atoms with Gasteiger partial charge < -0.3 is 39.7 Å². The third kappa shape index (κ3) is 8.02. The number of imidazole rings is 1. The molecule has 5 heterocycles. The van der Waals surface area contributed by atoms with Crippen molar-refractivity contribution in [1.29, 1.82) is 0 Å². The zero-order valence-electron chi connectivity index (χ0n) is 33.7. The average molecular weight is 849 g/mol. The Hall–Kier alpha value is -5.23. The number of amides is 3. The van der Waals surface area contributed by atoms with Gasteiger partial charge in [-0.3, -0.25) is 19.1 Å². The first-order valence-corrected chi connectivity index (χ1v) is 20.6. The highest BCUT2D eigenvalue weighted by molar-refractivity contribution is 6.34. The SMILES string of the molecule is COCCn1ncc(-c2ccc(-c3cnc(C(=O)Nc4ccc(C(=O)NC5[C@H]6CN(C(=O)C7CC[N+](CC(=O)O)(CC8CNC8)CC7)C[C@@H]56)c(Cl)c4)n3C)c(F)c2F)c1C. The molecule has 1 aliphatic carbocycles. The fourth-order valence-electron chi connectivity index (χ4n) is 9.39. The molecule has 60 heavy (non-hydrogen) atoms. The zero-order valence-corrected chi connectivity index (χ0v) is 34.5. The van der Waals surface area contributed by atoms with Crippen LogP contribution in [0, 0.1) is 42.2 Å². The van der Waals surface area contributed by atoms with Gasteiger partial charge in [-0.1, -0.05) is 17.7 Å². The second-order valence-electron chi connectivity index (χ2n) is 16.7. The Morgan fingerprint density at radius 2 is 1.70 bits per heavy atom. The van der Waals surface area contributed by atoms with E-state index in [9.17, 15) is 24.3 Å². The van der Waals surface area contributed by atoms with Crippen LogP contribution in [-0.4, -0.2) is 130 Å². The molecule has 4 aliphatic rings. The Bertz CT molecular complexity index is 2330. The number of quaternary nitrogens is 1. The molecule has 0 bridgehead atoms. The lowest BCUT2D eigenvalue weighted by molar-refractivity contribution is -0.929. The van der Waals surface area contributed by atoms with E-state index in [-0.39, 0.29) is 75.4 Å². The smallest absolute Gasteiger partial charge is 0.359 e. The summed E-state index contributed by atoms with van der Waals surface area (Å²) in [5.74, 6) is -3.20. The van der Waals surface area contributed by atoms with Gasteiger partial charge in [0.15, 0.2) is 24.0 Å². The Labute approximate surface area is 350 Å². The van der Waals surface area contributed by atoms with Crippen molar-refractivity contribution in [3.05, 3.63) is 76.5 Å². The molecule has 4 fully saturated rings. The number of carbonyl (C=O) groups excluding carboxylic acids is 3. The fraction of sp³-hybridized carbons (Fsp3) is 0.476. The first-order valence-electron chi connectivity index (χ1n) is 20.3. The van der Waals surface area contributed by atoms with Crippen LogP contribution in [0.4, 0.5) is 14.5 Å². The number of fused-ring (bicyclic) bond motifs is 1. The van der Waals surface area contributed by atoms with Crippen molar-refractivity contribution in [2.75, 3.05) is 71.4 Å². The number of benzene rings is 2. The first-order chi connectivity index (χ1) is 28.8. The van der Waals surface area contributed by atoms with E-state index in [1.54, 1.807) is 24.8 Å². The Kier molecular flexibility index (Phi) is 11.5. The minimum atomic E-state index is -1.09. The molecule has 8 rings (SSSR count). The third-order valence-corrected chi connectivity index (χ3v) is 13.3. The summed E-state index contributed by atoms with van der Waals surface area (Å²) in [5, 5.41) is 23.0. The number of carbonyl (C=O) groups is 4. The number of nitrogens with one attached hydrogen (secondary N) is 3. The van der Waals surface area contributed by atoms with Crippen LogP contribution in [0.15, 0.2) is 42.7 Å². The number of rotatable bonds is 14. The van der Waals surface area contributed by atoms with Gasteiger partial charge in [0.2, 0.25) is 5.91 Å². The number of likely N-dealkylation sites (tertiary alicyclic amines) is 2. The summed E-state index contributed by atoms with van der Waals surface area (Å²) in [6.07, 6.45) is 4.13. The van der Waals surface area contributed by atoms with Crippen molar-refractivity contribution in [3.63, 3.8) is 0 Å². The van der Waals surface area contributed by atoms with Crippen molar-refractivity contribution in [2.24, 2.45) is 30.7 Å². The summed E-state index contributed by atoms with van der Waals surface area (Å²) in [7, 11) is 3.09. The number of carboxylic acids is 1. The molecule has 3 amide bonds. The van der Waals surface area contributed by atoms with Gasteiger partial charge >= 0.3 is 5.97 Å². The molecular weight excluding hydrogens is 800 g/mol. The molecule has 4 aromatic rings. The number of methoxy groups -OCH3 is 1. The summed E-state index contributed by atoms with van der Waals surface area (Å²) < 4.78 is 39.7. The van der Waals surface area contributed by atoms with E-state index in [0.29, 0.717) is 79.5 Å². The number of hydrogen-bond acceptors (Lipinski definition) is 8. The maximum atomic E-state index is 15.6. The zero-order chi connectivity index (χ0) is 42.5. The topological polar surface area (TPSA) is 173 Å². The Balaban J connectivity index is 0.839. The van der Waals surface area contributed by atoms with E-state index in [1.165, 1.54) is 48.3 Å². The van der Waals surface area contributed by atoms with Gasteiger partial charge in [0.25, 0.3) is 11.8 Å². The highest BCUT2D eigenvalue weighted by Gasteiger charge is 2.58. The number of halogens is 3. The second-order valence-corrected chi connectivity index (χ2v) is 17.1. The van der Waals surface area contributed by atoms with E-state index in [4.69, 9.17) is 16.3 Å². The van der Waals surface area contributed by atoms with E-state index < -0.39 is 23.5 Å². The Morgan fingerprint density at radius 3 is 2.35 bits per heavy atom. The van der Waals surface area contributed by atoms with Crippen molar-refractivity contribution < 1.29 is 42.3 Å². The molecule has 1 saturated carbocycles. The maximum Gasteiger partial charge on any atom is 0.359 e. The van der Waals surface area contributed by atoms with Gasteiger partial charge in [0.05, 0.1) is 61.5 Å². The van der Waals surface area contributed by atoms with Gasteiger partial charge in [0, 0.05) is 111 Å². The molecule has 0 spiro atoms. The predicted octanol–water partition coefficient (Wildman–Crippen LogP) is 3.81. The monoisotopic (exact) mass is 848 g/mol. The highest BCUT2D eigenvalue weighted by Crippen LogP contribution is 2.46. The standard InChI is InChI=1S/C42H48ClF2N9O6/c1-23-30(17-48-53(23)10-13-60-3)27-6-7-29(37(45)36(27)44)34-18-47-39(51(34)2)41(58)49-26-4-5-28(33(43)14-26)40(57)50-38-31-19-52(20-32(31)38)42(59)25-8-11-54(12-9-25,22-35(55)56)21-24-15-46-16-24/h4-7,14,17-18,24-25,31-32,38,46H,8-13,15-16,19-22H2,1-3H3,(H2-,49,50,55,56,57,58)/p+1/t25?,31-,32+,38?,54?. The second kappa shape index (κ2) is 16.7. The van der Waals surface area contributed by atoms with Crippen molar-refractivity contribution >= 4 is 41.0 Å². The number of piperidine rings is 2. The van der Waals surface area contributed by atoms with Crippen molar-refractivity contribution in [3.8, 4) is 22.4 Å². The number of hydrogen-bond donors (Lipinski definition) is 4. The lowest BCUT2D eigenvalue weighted by Crippen LogP contribution is -2.62. The van der Waals surface area contributed by atoms with E-state index in [1.807, 2.05) is 4.90 Å². The maximum absolute atomic E-state index is 15.6. The normalized spacial score (nSPS) is 23.5. The fourth-order valence-corrected chi connectivity index (χ4v) is 9.66.